The maximum atomic E-state index is 10.5. The molecule has 5 heteroatoms. The lowest BCUT2D eigenvalue weighted by atomic mass is 10.2. The van der Waals surface area contributed by atoms with Gasteiger partial charge in [-0.05, 0) is 22.0 Å². The minimum absolute atomic E-state index is 0.00694. The summed E-state index contributed by atoms with van der Waals surface area (Å²) in [6.45, 7) is 0. The van der Waals surface area contributed by atoms with Crippen LogP contribution in [0.4, 0.5) is 5.82 Å². The monoisotopic (exact) mass is 216 g/mol. The van der Waals surface area contributed by atoms with Gasteiger partial charge < -0.3 is 10.8 Å². The summed E-state index contributed by atoms with van der Waals surface area (Å²) in [4.78, 5) is 14.1. The lowest BCUT2D eigenvalue weighted by molar-refractivity contribution is 0.0696. The Balaban J connectivity index is 3.32. The van der Waals surface area contributed by atoms with E-state index in [9.17, 15) is 4.79 Å². The number of anilines is 1. The van der Waals surface area contributed by atoms with Crippen LogP contribution < -0.4 is 5.73 Å². The van der Waals surface area contributed by atoms with E-state index >= 15 is 0 Å². The van der Waals surface area contributed by atoms with Crippen LogP contribution in [-0.4, -0.2) is 16.1 Å². The molecule has 0 aliphatic carbocycles. The van der Waals surface area contributed by atoms with Crippen molar-refractivity contribution < 1.29 is 9.90 Å². The molecular weight excluding hydrogens is 212 g/mol. The summed E-state index contributed by atoms with van der Waals surface area (Å²) in [5.41, 5.74) is 5.31. The van der Waals surface area contributed by atoms with Crippen molar-refractivity contribution in [3.8, 4) is 0 Å². The van der Waals surface area contributed by atoms with Crippen LogP contribution in [0.15, 0.2) is 16.7 Å². The number of aromatic nitrogens is 1. The number of halogens is 1. The van der Waals surface area contributed by atoms with Gasteiger partial charge in [-0.15, -0.1) is 0 Å². The predicted molar refractivity (Wildman–Crippen MR) is 43.3 cm³/mol. The van der Waals surface area contributed by atoms with E-state index in [2.05, 4.69) is 20.9 Å². The smallest absolute Gasteiger partial charge is 0.340 e. The van der Waals surface area contributed by atoms with E-state index in [-0.39, 0.29) is 11.4 Å². The molecule has 0 fully saturated rings. The molecule has 0 aliphatic heterocycles. The Morgan fingerprint density at radius 1 is 1.73 bits per heavy atom. The highest BCUT2D eigenvalue weighted by Gasteiger charge is 2.11. The Morgan fingerprint density at radius 2 is 2.36 bits per heavy atom. The average Bonchev–Trinajstić information content (AvgIpc) is 1.85. The molecule has 0 amide bonds. The fraction of sp³-hybridized carbons (Fsp3) is 0. The van der Waals surface area contributed by atoms with Crippen LogP contribution in [0.2, 0.25) is 0 Å². The van der Waals surface area contributed by atoms with Gasteiger partial charge in [0.2, 0.25) is 0 Å². The van der Waals surface area contributed by atoms with Crippen molar-refractivity contribution in [2.45, 2.75) is 0 Å². The van der Waals surface area contributed by atoms with Crippen LogP contribution in [0.25, 0.3) is 0 Å². The summed E-state index contributed by atoms with van der Waals surface area (Å²) < 4.78 is 0.442. The van der Waals surface area contributed by atoms with Gasteiger partial charge in [0.05, 0.1) is 0 Å². The number of carboxylic acid groups (broad SMARTS) is 1. The number of rotatable bonds is 1. The molecule has 11 heavy (non-hydrogen) atoms. The van der Waals surface area contributed by atoms with Gasteiger partial charge in [-0.2, -0.15) is 0 Å². The van der Waals surface area contributed by atoms with Crippen LogP contribution in [0.5, 0.6) is 0 Å². The summed E-state index contributed by atoms with van der Waals surface area (Å²) in [5, 5.41) is 8.60. The van der Waals surface area contributed by atoms with E-state index in [1.807, 2.05) is 0 Å². The molecule has 1 aromatic rings. The van der Waals surface area contributed by atoms with Crippen molar-refractivity contribution in [2.75, 3.05) is 5.73 Å². The minimum atomic E-state index is -1.08. The molecule has 1 rings (SSSR count). The van der Waals surface area contributed by atoms with E-state index in [0.29, 0.717) is 4.47 Å². The summed E-state index contributed by atoms with van der Waals surface area (Å²) in [5.74, 6) is -1.06. The van der Waals surface area contributed by atoms with E-state index in [4.69, 9.17) is 10.8 Å². The maximum Gasteiger partial charge on any atom is 0.340 e. The van der Waals surface area contributed by atoms with Gasteiger partial charge in [0, 0.05) is 10.7 Å². The number of hydrogen-bond acceptors (Lipinski definition) is 3. The van der Waals surface area contributed by atoms with Crippen molar-refractivity contribution in [3.63, 3.8) is 0 Å². The SMILES string of the molecule is Nc1nccc(Br)c1C(=O)O. The third kappa shape index (κ3) is 1.48. The van der Waals surface area contributed by atoms with Crippen LogP contribution in [0, 0.1) is 0 Å². The average molecular weight is 217 g/mol. The standard InChI is InChI=1S/C6H5BrN2O2/c7-3-1-2-9-5(8)4(3)6(10)11/h1-2H,(H2,8,9)(H,10,11). The van der Waals surface area contributed by atoms with Crippen molar-refractivity contribution in [2.24, 2.45) is 0 Å². The van der Waals surface area contributed by atoms with Crippen LogP contribution in [0.3, 0.4) is 0 Å². The second kappa shape index (κ2) is 2.87. The van der Waals surface area contributed by atoms with E-state index in [1.165, 1.54) is 12.3 Å². The molecule has 0 aliphatic rings. The lowest BCUT2D eigenvalue weighted by Gasteiger charge is -1.99. The molecule has 1 heterocycles. The Bertz CT molecular complexity index is 280. The second-order valence-electron chi connectivity index (χ2n) is 1.86. The highest BCUT2D eigenvalue weighted by atomic mass is 79.9. The predicted octanol–water partition coefficient (Wildman–Crippen LogP) is 1.12. The molecule has 3 N–H and O–H groups in total. The first kappa shape index (κ1) is 8.00. The lowest BCUT2D eigenvalue weighted by Crippen LogP contribution is -2.04. The highest BCUT2D eigenvalue weighted by molar-refractivity contribution is 9.10. The van der Waals surface area contributed by atoms with Crippen LogP contribution in [-0.2, 0) is 0 Å². The van der Waals surface area contributed by atoms with E-state index in [1.54, 1.807) is 0 Å². The van der Waals surface area contributed by atoms with Gasteiger partial charge >= 0.3 is 5.97 Å². The molecular formula is C6H5BrN2O2. The molecule has 0 spiro atoms. The molecule has 0 saturated carbocycles. The van der Waals surface area contributed by atoms with Crippen molar-refractivity contribution in [3.05, 3.63) is 22.3 Å². The van der Waals surface area contributed by atoms with Gasteiger partial charge in [0.25, 0.3) is 0 Å². The van der Waals surface area contributed by atoms with Crippen molar-refractivity contribution in [1.29, 1.82) is 0 Å². The minimum Gasteiger partial charge on any atom is -0.478 e. The molecule has 1 aromatic heterocycles. The second-order valence-corrected chi connectivity index (χ2v) is 2.71. The Hall–Kier alpha value is -1.10. The van der Waals surface area contributed by atoms with Crippen LogP contribution >= 0.6 is 15.9 Å². The number of pyridine rings is 1. The number of hydrogen-bond donors (Lipinski definition) is 2. The highest BCUT2D eigenvalue weighted by Crippen LogP contribution is 2.19. The Labute approximate surface area is 71.2 Å². The molecule has 58 valence electrons. The molecule has 0 atom stereocenters. The quantitative estimate of drug-likeness (QED) is 0.738. The summed E-state index contributed by atoms with van der Waals surface area (Å²) >= 11 is 3.05. The van der Waals surface area contributed by atoms with E-state index < -0.39 is 5.97 Å². The van der Waals surface area contributed by atoms with Gasteiger partial charge in [-0.1, -0.05) is 0 Å². The zero-order valence-corrected chi connectivity index (χ0v) is 7.00. The first-order valence-electron chi connectivity index (χ1n) is 2.76. The van der Waals surface area contributed by atoms with Crippen molar-refractivity contribution >= 4 is 27.7 Å². The number of nitrogens with zero attached hydrogens (tertiary/aromatic N) is 1. The maximum absolute atomic E-state index is 10.5. The third-order valence-corrected chi connectivity index (χ3v) is 1.80. The molecule has 0 bridgehead atoms. The third-order valence-electron chi connectivity index (χ3n) is 1.14. The topological polar surface area (TPSA) is 76.2 Å². The first-order chi connectivity index (χ1) is 5.13. The van der Waals surface area contributed by atoms with Gasteiger partial charge in [-0.25, -0.2) is 9.78 Å². The molecule has 0 aromatic carbocycles. The molecule has 0 radical (unpaired) electrons. The van der Waals surface area contributed by atoms with Gasteiger partial charge in [0.1, 0.15) is 11.4 Å². The normalized spacial score (nSPS) is 9.55. The fourth-order valence-electron chi connectivity index (χ4n) is 0.665. The summed E-state index contributed by atoms with van der Waals surface area (Å²) in [6.07, 6.45) is 1.44. The molecule has 0 saturated heterocycles. The summed E-state index contributed by atoms with van der Waals surface area (Å²) in [7, 11) is 0. The van der Waals surface area contributed by atoms with Gasteiger partial charge in [0.15, 0.2) is 0 Å². The summed E-state index contributed by atoms with van der Waals surface area (Å²) in [6, 6.07) is 1.53. The van der Waals surface area contributed by atoms with E-state index in [0.717, 1.165) is 0 Å². The first-order valence-corrected chi connectivity index (χ1v) is 3.55. The number of aromatic carboxylic acids is 1. The Kier molecular flexibility index (Phi) is 2.09. The zero-order chi connectivity index (χ0) is 8.43. The number of nitrogens with two attached hydrogens (primary N) is 1. The fourth-order valence-corrected chi connectivity index (χ4v) is 1.16. The van der Waals surface area contributed by atoms with Crippen molar-refractivity contribution in [1.82, 2.24) is 4.98 Å². The zero-order valence-electron chi connectivity index (χ0n) is 5.41. The molecule has 4 nitrogen and oxygen atoms in total. The molecule has 0 unspecified atom stereocenters. The van der Waals surface area contributed by atoms with Gasteiger partial charge in [-0.3, -0.25) is 0 Å². The Morgan fingerprint density at radius 3 is 2.73 bits per heavy atom. The number of carbonyl (C=O) groups is 1. The largest absolute Gasteiger partial charge is 0.478 e. The van der Waals surface area contributed by atoms with Crippen LogP contribution in [0.1, 0.15) is 10.4 Å². The number of nitrogen functional groups attached to an aromatic ring is 1. The number of carboxylic acids is 1.